The maximum absolute atomic E-state index is 13.0. The number of carbonyl (C=O) groups excluding carboxylic acids is 2. The molecule has 0 bridgehead atoms. The van der Waals surface area contributed by atoms with Crippen molar-refractivity contribution in [3.8, 4) is 5.69 Å². The molecule has 0 saturated heterocycles. The molecule has 4 rings (SSSR count). The predicted octanol–water partition coefficient (Wildman–Crippen LogP) is 3.59. The number of benzene rings is 2. The molecule has 2 heterocycles. The molecule has 2 amide bonds. The highest BCUT2D eigenvalue weighted by molar-refractivity contribution is 7.12. The fourth-order valence-electron chi connectivity index (χ4n) is 3.18. The molecule has 0 aliphatic rings. The van der Waals surface area contributed by atoms with Gasteiger partial charge in [0.15, 0.2) is 0 Å². The van der Waals surface area contributed by atoms with Gasteiger partial charge in [0.05, 0.1) is 16.8 Å². The van der Waals surface area contributed by atoms with E-state index in [4.69, 9.17) is 0 Å². The van der Waals surface area contributed by atoms with Gasteiger partial charge < -0.3 is 10.6 Å². The number of carbonyl (C=O) groups is 2. The second kappa shape index (κ2) is 9.86. The SMILES string of the molecule is O=C(NC(Cc1ccccc1)C(=O)NCc1cnn(-c2ccccc2)c1)c1cccs1. The standard InChI is InChI=1S/C24H22N4O2S/c29-23(25-15-19-16-26-28(17-19)20-10-5-2-6-11-20)21(14-18-8-3-1-4-9-18)27-24(30)22-12-7-13-31-22/h1-13,16-17,21H,14-15H2,(H,25,29)(H,27,30). The maximum atomic E-state index is 13.0. The Hall–Kier alpha value is -3.71. The second-order valence-electron chi connectivity index (χ2n) is 7.04. The molecular formula is C24H22N4O2S. The van der Waals surface area contributed by atoms with Crippen molar-refractivity contribution in [3.05, 3.63) is 107 Å². The third kappa shape index (κ3) is 5.46. The summed E-state index contributed by atoms with van der Waals surface area (Å²) in [5, 5.41) is 12.0. The number of rotatable bonds is 8. The van der Waals surface area contributed by atoms with Crippen molar-refractivity contribution in [1.82, 2.24) is 20.4 Å². The van der Waals surface area contributed by atoms with Crippen LogP contribution in [0, 0.1) is 0 Å². The van der Waals surface area contributed by atoms with Crippen molar-refractivity contribution in [1.29, 1.82) is 0 Å². The summed E-state index contributed by atoms with van der Waals surface area (Å²) in [4.78, 5) is 26.1. The molecule has 1 unspecified atom stereocenters. The average molecular weight is 431 g/mol. The van der Waals surface area contributed by atoms with Crippen molar-refractivity contribution in [2.45, 2.75) is 19.0 Å². The molecule has 2 aromatic carbocycles. The Morgan fingerprint density at radius 3 is 2.39 bits per heavy atom. The molecule has 0 fully saturated rings. The average Bonchev–Trinajstić information content (AvgIpc) is 3.51. The molecule has 0 saturated carbocycles. The molecule has 2 aromatic heterocycles. The van der Waals surface area contributed by atoms with E-state index in [2.05, 4.69) is 15.7 Å². The number of thiophene rings is 1. The molecule has 4 aromatic rings. The second-order valence-corrected chi connectivity index (χ2v) is 7.99. The first-order valence-corrected chi connectivity index (χ1v) is 10.8. The van der Waals surface area contributed by atoms with Crippen LogP contribution < -0.4 is 10.6 Å². The summed E-state index contributed by atoms with van der Waals surface area (Å²) in [6, 6.07) is 22.3. The van der Waals surface area contributed by atoms with E-state index in [0.29, 0.717) is 17.8 Å². The van der Waals surface area contributed by atoms with Gasteiger partial charge in [-0.15, -0.1) is 11.3 Å². The number of amides is 2. The predicted molar refractivity (Wildman–Crippen MR) is 121 cm³/mol. The lowest BCUT2D eigenvalue weighted by Gasteiger charge is -2.18. The lowest BCUT2D eigenvalue weighted by Crippen LogP contribution is -2.47. The van der Waals surface area contributed by atoms with Crippen LogP contribution in [-0.4, -0.2) is 27.6 Å². The highest BCUT2D eigenvalue weighted by atomic mass is 32.1. The van der Waals surface area contributed by atoms with E-state index in [1.165, 1.54) is 11.3 Å². The van der Waals surface area contributed by atoms with Crippen LogP contribution in [0.25, 0.3) is 5.69 Å². The first kappa shape index (κ1) is 20.6. The molecule has 31 heavy (non-hydrogen) atoms. The number of aromatic nitrogens is 2. The summed E-state index contributed by atoms with van der Waals surface area (Å²) in [6.45, 7) is 0.325. The fourth-order valence-corrected chi connectivity index (χ4v) is 3.81. The van der Waals surface area contributed by atoms with Gasteiger partial charge in [0, 0.05) is 24.7 Å². The van der Waals surface area contributed by atoms with Crippen molar-refractivity contribution < 1.29 is 9.59 Å². The first-order chi connectivity index (χ1) is 15.2. The first-order valence-electron chi connectivity index (χ1n) is 9.94. The summed E-state index contributed by atoms with van der Waals surface area (Å²) >= 11 is 1.35. The number of nitrogens with one attached hydrogen (secondary N) is 2. The van der Waals surface area contributed by atoms with Crippen LogP contribution >= 0.6 is 11.3 Å². The quantitative estimate of drug-likeness (QED) is 0.449. The van der Waals surface area contributed by atoms with Crippen molar-refractivity contribution in [2.24, 2.45) is 0 Å². The lowest BCUT2D eigenvalue weighted by molar-refractivity contribution is -0.123. The summed E-state index contributed by atoms with van der Waals surface area (Å²) < 4.78 is 1.77. The molecule has 0 spiro atoms. The molecule has 1 atom stereocenters. The van der Waals surface area contributed by atoms with E-state index >= 15 is 0 Å². The minimum atomic E-state index is -0.679. The van der Waals surface area contributed by atoms with Gasteiger partial charge in [-0.05, 0) is 29.1 Å². The van der Waals surface area contributed by atoms with Crippen molar-refractivity contribution in [3.63, 3.8) is 0 Å². The Labute approximate surface area is 184 Å². The van der Waals surface area contributed by atoms with Crippen molar-refractivity contribution >= 4 is 23.2 Å². The monoisotopic (exact) mass is 430 g/mol. The van der Waals surface area contributed by atoms with Crippen LogP contribution in [0.2, 0.25) is 0 Å². The largest absolute Gasteiger partial charge is 0.350 e. The Morgan fingerprint density at radius 2 is 1.68 bits per heavy atom. The Bertz CT molecular complexity index is 1120. The maximum Gasteiger partial charge on any atom is 0.262 e. The molecular weight excluding hydrogens is 408 g/mol. The number of nitrogens with zero attached hydrogens (tertiary/aromatic N) is 2. The van der Waals surface area contributed by atoms with Gasteiger partial charge in [0.25, 0.3) is 5.91 Å². The van der Waals surface area contributed by atoms with E-state index in [1.54, 1.807) is 16.9 Å². The van der Waals surface area contributed by atoms with Crippen LogP contribution in [0.5, 0.6) is 0 Å². The van der Waals surface area contributed by atoms with Gasteiger partial charge in [-0.2, -0.15) is 5.10 Å². The van der Waals surface area contributed by atoms with Crippen LogP contribution in [0.4, 0.5) is 0 Å². The Balaban J connectivity index is 1.42. The molecule has 7 heteroatoms. The third-order valence-electron chi connectivity index (χ3n) is 4.77. The van der Waals surface area contributed by atoms with Gasteiger partial charge in [-0.1, -0.05) is 54.6 Å². The molecule has 6 nitrogen and oxygen atoms in total. The Kier molecular flexibility index (Phi) is 6.54. The molecule has 156 valence electrons. The van der Waals surface area contributed by atoms with Crippen molar-refractivity contribution in [2.75, 3.05) is 0 Å². The number of hydrogen-bond acceptors (Lipinski definition) is 4. The summed E-state index contributed by atoms with van der Waals surface area (Å²) in [5.41, 5.74) is 2.80. The van der Waals surface area contributed by atoms with E-state index in [1.807, 2.05) is 78.3 Å². The van der Waals surface area contributed by atoms with E-state index < -0.39 is 6.04 Å². The minimum Gasteiger partial charge on any atom is -0.350 e. The molecule has 2 N–H and O–H groups in total. The zero-order chi connectivity index (χ0) is 21.5. The summed E-state index contributed by atoms with van der Waals surface area (Å²) in [5.74, 6) is -0.482. The zero-order valence-electron chi connectivity index (χ0n) is 16.8. The fraction of sp³-hybridized carbons (Fsp3) is 0.125. The summed E-state index contributed by atoms with van der Waals surface area (Å²) in [7, 11) is 0. The van der Waals surface area contributed by atoms with Gasteiger partial charge >= 0.3 is 0 Å². The third-order valence-corrected chi connectivity index (χ3v) is 5.64. The highest BCUT2D eigenvalue weighted by Crippen LogP contribution is 2.11. The molecule has 0 aliphatic carbocycles. The van der Waals surface area contributed by atoms with Crippen LogP contribution in [0.3, 0.4) is 0 Å². The van der Waals surface area contributed by atoms with E-state index in [9.17, 15) is 9.59 Å². The van der Waals surface area contributed by atoms with Gasteiger partial charge in [-0.25, -0.2) is 4.68 Å². The molecule has 0 radical (unpaired) electrons. The normalized spacial score (nSPS) is 11.6. The van der Waals surface area contributed by atoms with Crippen LogP contribution in [-0.2, 0) is 17.8 Å². The van der Waals surface area contributed by atoms with Gasteiger partial charge in [0.1, 0.15) is 6.04 Å². The highest BCUT2D eigenvalue weighted by Gasteiger charge is 2.22. The number of hydrogen-bond donors (Lipinski definition) is 2. The molecule has 0 aliphatic heterocycles. The van der Waals surface area contributed by atoms with Gasteiger partial charge in [-0.3, -0.25) is 9.59 Å². The van der Waals surface area contributed by atoms with E-state index in [0.717, 1.165) is 16.8 Å². The summed E-state index contributed by atoms with van der Waals surface area (Å²) in [6.07, 6.45) is 4.02. The van der Waals surface area contributed by atoms with Crippen LogP contribution in [0.15, 0.2) is 90.6 Å². The number of para-hydroxylation sites is 1. The van der Waals surface area contributed by atoms with E-state index in [-0.39, 0.29) is 11.8 Å². The van der Waals surface area contributed by atoms with Gasteiger partial charge in [0.2, 0.25) is 5.91 Å². The lowest BCUT2D eigenvalue weighted by atomic mass is 10.0. The Morgan fingerprint density at radius 1 is 0.935 bits per heavy atom. The minimum absolute atomic E-state index is 0.235. The smallest absolute Gasteiger partial charge is 0.262 e. The van der Waals surface area contributed by atoms with Crippen LogP contribution in [0.1, 0.15) is 20.8 Å². The zero-order valence-corrected chi connectivity index (χ0v) is 17.6. The topological polar surface area (TPSA) is 76.0 Å².